The van der Waals surface area contributed by atoms with Crippen molar-refractivity contribution in [3.8, 4) is 0 Å². The van der Waals surface area contributed by atoms with E-state index in [2.05, 4.69) is 15.9 Å². The molecule has 1 amide bonds. The van der Waals surface area contributed by atoms with Gasteiger partial charge >= 0.3 is 0 Å². The zero-order valence-corrected chi connectivity index (χ0v) is 17.5. The molecule has 0 saturated heterocycles. The van der Waals surface area contributed by atoms with Gasteiger partial charge < -0.3 is 10.0 Å². The van der Waals surface area contributed by atoms with Crippen LogP contribution in [-0.4, -0.2) is 16.8 Å². The van der Waals surface area contributed by atoms with Crippen molar-refractivity contribution in [1.82, 2.24) is 0 Å². The van der Waals surface area contributed by atoms with Crippen molar-refractivity contribution in [2.24, 2.45) is 0 Å². The number of rotatable bonds is 5. The molecule has 1 atom stereocenters. The van der Waals surface area contributed by atoms with Gasteiger partial charge in [-0.25, -0.2) is 0 Å². The van der Waals surface area contributed by atoms with Crippen LogP contribution in [0, 0.1) is 6.92 Å². The van der Waals surface area contributed by atoms with Gasteiger partial charge in [0.1, 0.15) is 0 Å². The molecule has 0 saturated carbocycles. The van der Waals surface area contributed by atoms with E-state index in [4.69, 9.17) is 0 Å². The predicted octanol–water partition coefficient (Wildman–Crippen LogP) is 4.76. The highest BCUT2D eigenvalue weighted by Crippen LogP contribution is 2.43. The van der Waals surface area contributed by atoms with Gasteiger partial charge in [-0.15, -0.1) is 0 Å². The summed E-state index contributed by atoms with van der Waals surface area (Å²) < 4.78 is 0.886. The van der Waals surface area contributed by atoms with Gasteiger partial charge in [0.2, 0.25) is 0 Å². The van der Waals surface area contributed by atoms with Crippen LogP contribution in [0.4, 0.5) is 5.69 Å². The van der Waals surface area contributed by atoms with E-state index in [1.165, 1.54) is 0 Å². The Morgan fingerprint density at radius 2 is 1.66 bits per heavy atom. The maximum absolute atomic E-state index is 13.3. The standard InChI is InChI=1S/C24H20BrNO3/c1-16-10-12-17(13-11-16)22(27)14-24(29)19-7-3-5-9-21(19)26(23(24)28)15-18-6-2-4-8-20(18)25/h2-13,29H,14-15H2,1H3. The molecule has 1 unspecified atom stereocenters. The fourth-order valence-corrected chi connectivity index (χ4v) is 4.12. The zero-order chi connectivity index (χ0) is 20.6. The first-order chi connectivity index (χ1) is 13.9. The summed E-state index contributed by atoms with van der Waals surface area (Å²) in [6.45, 7) is 2.25. The van der Waals surface area contributed by atoms with Crippen LogP contribution >= 0.6 is 15.9 Å². The molecule has 0 aliphatic carbocycles. The van der Waals surface area contributed by atoms with Crippen LogP contribution in [0.25, 0.3) is 0 Å². The molecule has 1 heterocycles. The number of carbonyl (C=O) groups is 2. The first-order valence-corrected chi connectivity index (χ1v) is 10.2. The highest BCUT2D eigenvalue weighted by molar-refractivity contribution is 9.10. The number of Topliss-reactive ketones (excluding diaryl/α,β-unsaturated/α-hetero) is 1. The van der Waals surface area contributed by atoms with E-state index in [1.54, 1.807) is 35.2 Å². The van der Waals surface area contributed by atoms with E-state index in [9.17, 15) is 14.7 Å². The van der Waals surface area contributed by atoms with Crippen LogP contribution < -0.4 is 4.90 Å². The Hall–Kier alpha value is -2.76. The Morgan fingerprint density at radius 1 is 1.00 bits per heavy atom. The molecule has 146 valence electrons. The number of amides is 1. The average Bonchev–Trinajstić information content (AvgIpc) is 2.92. The third kappa shape index (κ3) is 3.52. The predicted molar refractivity (Wildman–Crippen MR) is 116 cm³/mol. The van der Waals surface area contributed by atoms with Gasteiger partial charge in [0.25, 0.3) is 5.91 Å². The Morgan fingerprint density at radius 3 is 2.38 bits per heavy atom. The normalized spacial score (nSPS) is 18.0. The van der Waals surface area contributed by atoms with Gasteiger partial charge in [0.15, 0.2) is 11.4 Å². The molecular formula is C24H20BrNO3. The number of aryl methyl sites for hydroxylation is 1. The van der Waals surface area contributed by atoms with Crippen molar-refractivity contribution < 1.29 is 14.7 Å². The minimum absolute atomic E-state index is 0.265. The van der Waals surface area contributed by atoms with E-state index in [1.807, 2.05) is 49.4 Å². The van der Waals surface area contributed by atoms with E-state index >= 15 is 0 Å². The van der Waals surface area contributed by atoms with Gasteiger partial charge in [-0.1, -0.05) is 82.2 Å². The Kier molecular flexibility index (Phi) is 5.11. The minimum Gasteiger partial charge on any atom is -0.375 e. The smallest absolute Gasteiger partial charge is 0.264 e. The monoisotopic (exact) mass is 449 g/mol. The lowest BCUT2D eigenvalue weighted by molar-refractivity contribution is -0.136. The molecule has 3 aromatic carbocycles. The SMILES string of the molecule is Cc1ccc(C(=O)CC2(O)C(=O)N(Cc3ccccc3Br)c3ccccc32)cc1. The number of nitrogens with zero attached hydrogens (tertiary/aromatic N) is 1. The summed E-state index contributed by atoms with van der Waals surface area (Å²) in [5.41, 5.74) is 1.68. The van der Waals surface area contributed by atoms with Crippen LogP contribution in [0.5, 0.6) is 0 Å². The fraction of sp³-hybridized carbons (Fsp3) is 0.167. The molecule has 29 heavy (non-hydrogen) atoms. The molecule has 1 aliphatic rings. The third-order valence-corrected chi connectivity index (χ3v) is 6.09. The average molecular weight is 450 g/mol. The number of halogens is 1. The Labute approximate surface area is 177 Å². The molecule has 4 nitrogen and oxygen atoms in total. The van der Waals surface area contributed by atoms with Gasteiger partial charge in [-0.3, -0.25) is 9.59 Å². The van der Waals surface area contributed by atoms with E-state index < -0.39 is 11.5 Å². The lowest BCUT2D eigenvalue weighted by Crippen LogP contribution is -2.41. The molecule has 5 heteroatoms. The van der Waals surface area contributed by atoms with Crippen molar-refractivity contribution >= 4 is 33.3 Å². The fourth-order valence-electron chi connectivity index (χ4n) is 3.71. The summed E-state index contributed by atoms with van der Waals surface area (Å²) >= 11 is 3.51. The number of hydrogen-bond donors (Lipinski definition) is 1. The van der Waals surface area contributed by atoms with Crippen LogP contribution in [0.15, 0.2) is 77.3 Å². The summed E-state index contributed by atoms with van der Waals surface area (Å²) in [6.07, 6.45) is -0.293. The second kappa shape index (κ2) is 7.58. The molecule has 1 N–H and O–H groups in total. The Balaban J connectivity index is 1.69. The summed E-state index contributed by atoms with van der Waals surface area (Å²) in [6, 6.07) is 21.9. The van der Waals surface area contributed by atoms with Crippen molar-refractivity contribution in [3.63, 3.8) is 0 Å². The van der Waals surface area contributed by atoms with Crippen LogP contribution in [-0.2, 0) is 16.9 Å². The van der Waals surface area contributed by atoms with E-state index in [-0.39, 0.29) is 12.2 Å². The summed E-state index contributed by atoms with van der Waals surface area (Å²) in [7, 11) is 0. The lowest BCUT2D eigenvalue weighted by atomic mass is 9.88. The topological polar surface area (TPSA) is 57.6 Å². The molecular weight excluding hydrogens is 430 g/mol. The molecule has 0 fully saturated rings. The van der Waals surface area contributed by atoms with Crippen molar-refractivity contribution in [2.75, 3.05) is 4.90 Å². The van der Waals surface area contributed by atoms with Crippen molar-refractivity contribution in [1.29, 1.82) is 0 Å². The molecule has 0 bridgehead atoms. The first kappa shape index (κ1) is 19.6. The lowest BCUT2D eigenvalue weighted by Gasteiger charge is -2.23. The van der Waals surface area contributed by atoms with E-state index in [0.29, 0.717) is 23.4 Å². The second-order valence-corrected chi connectivity index (χ2v) is 8.18. The quantitative estimate of drug-likeness (QED) is 0.570. The van der Waals surface area contributed by atoms with Crippen LogP contribution in [0.2, 0.25) is 0 Å². The summed E-state index contributed by atoms with van der Waals surface area (Å²) in [5, 5.41) is 11.4. The van der Waals surface area contributed by atoms with Crippen LogP contribution in [0.1, 0.15) is 33.5 Å². The summed E-state index contributed by atoms with van der Waals surface area (Å²) in [5.74, 6) is -0.742. The van der Waals surface area contributed by atoms with Crippen molar-refractivity contribution in [2.45, 2.75) is 25.5 Å². The maximum Gasteiger partial charge on any atom is 0.264 e. The third-order valence-electron chi connectivity index (χ3n) is 5.32. The largest absolute Gasteiger partial charge is 0.375 e. The Bertz CT molecular complexity index is 1090. The van der Waals surface area contributed by atoms with Gasteiger partial charge in [-0.05, 0) is 24.6 Å². The number of anilines is 1. The van der Waals surface area contributed by atoms with Crippen molar-refractivity contribution in [3.05, 3.63) is 99.5 Å². The molecule has 0 aromatic heterocycles. The first-order valence-electron chi connectivity index (χ1n) is 9.37. The van der Waals surface area contributed by atoms with Gasteiger partial charge in [-0.2, -0.15) is 0 Å². The zero-order valence-electron chi connectivity index (χ0n) is 15.9. The molecule has 0 spiro atoms. The number of benzene rings is 3. The summed E-state index contributed by atoms with van der Waals surface area (Å²) in [4.78, 5) is 27.7. The number of para-hydroxylation sites is 1. The minimum atomic E-state index is -1.88. The molecule has 1 aliphatic heterocycles. The maximum atomic E-state index is 13.3. The van der Waals surface area contributed by atoms with Gasteiger partial charge in [0, 0.05) is 15.6 Å². The highest BCUT2D eigenvalue weighted by Gasteiger charge is 2.50. The molecule has 3 aromatic rings. The van der Waals surface area contributed by atoms with Gasteiger partial charge in [0.05, 0.1) is 18.7 Å². The van der Waals surface area contributed by atoms with E-state index in [0.717, 1.165) is 15.6 Å². The number of hydrogen-bond acceptors (Lipinski definition) is 3. The number of ketones is 1. The number of aliphatic hydroxyl groups is 1. The number of fused-ring (bicyclic) bond motifs is 1. The highest BCUT2D eigenvalue weighted by atomic mass is 79.9. The molecule has 0 radical (unpaired) electrons. The number of carbonyl (C=O) groups excluding carboxylic acids is 2. The molecule has 4 rings (SSSR count). The second-order valence-electron chi connectivity index (χ2n) is 7.33. The van der Waals surface area contributed by atoms with Crippen LogP contribution in [0.3, 0.4) is 0 Å².